The van der Waals surface area contributed by atoms with Gasteiger partial charge in [0.15, 0.2) is 0 Å². The van der Waals surface area contributed by atoms with E-state index in [4.69, 9.17) is 0 Å². The van der Waals surface area contributed by atoms with Crippen LogP contribution in [0, 0.1) is 12.1 Å². The maximum atomic E-state index is 4.52. The van der Waals surface area contributed by atoms with Crippen molar-refractivity contribution >= 4 is 80.0 Å². The van der Waals surface area contributed by atoms with Gasteiger partial charge in [0.05, 0.1) is 42.8 Å². The molecule has 11 rings (SSSR count). The second-order valence-electron chi connectivity index (χ2n) is 16.7. The van der Waals surface area contributed by atoms with Crippen LogP contribution in [0.2, 0.25) is 0 Å². The molecule has 0 saturated heterocycles. The molecule has 0 spiro atoms. The number of hydrogen-bond acceptors (Lipinski definition) is 3. The molecule has 0 aliphatic carbocycles. The number of fused-ring (bicyclic) bond motifs is 3. The van der Waals surface area contributed by atoms with Crippen LogP contribution in [0.5, 0.6) is 0 Å². The van der Waals surface area contributed by atoms with Crippen LogP contribution >= 0.6 is 15.8 Å². The van der Waals surface area contributed by atoms with E-state index in [1.165, 1.54) is 53.4 Å². The van der Waals surface area contributed by atoms with E-state index in [1.54, 1.807) is 6.20 Å². The Morgan fingerprint density at radius 3 is 1.29 bits per heavy atom. The van der Waals surface area contributed by atoms with E-state index < -0.39 is 15.8 Å². The summed E-state index contributed by atoms with van der Waals surface area (Å²) in [7, 11) is -2.07. The Hall–Kier alpha value is -6.44. The van der Waals surface area contributed by atoms with Crippen LogP contribution in [0.4, 0.5) is 0 Å². The first-order chi connectivity index (χ1) is 31.9. The van der Waals surface area contributed by atoms with E-state index in [9.17, 15) is 0 Å². The molecule has 4 nitrogen and oxygen atoms in total. The summed E-state index contributed by atoms with van der Waals surface area (Å²) in [6.45, 7) is 6.22. The van der Waals surface area contributed by atoms with Crippen molar-refractivity contribution in [1.82, 2.24) is 20.2 Å². The van der Waals surface area contributed by atoms with Gasteiger partial charge >= 0.3 is 20.1 Å². The predicted octanol–water partition coefficient (Wildman–Crippen LogP) is 11.2. The average molecular weight is 1070 g/mol. The summed E-state index contributed by atoms with van der Waals surface area (Å²) in [4.78, 5) is 8.92. The summed E-state index contributed by atoms with van der Waals surface area (Å²) in [6, 6.07) is 86.2. The molecule has 0 fully saturated rings. The van der Waals surface area contributed by atoms with Gasteiger partial charge in [-0.1, -0.05) is 154 Å². The molecule has 0 amide bonds. The minimum Gasteiger partial charge on any atom is -0.420 e. The van der Waals surface area contributed by atoms with Crippen molar-refractivity contribution in [3.8, 4) is 11.5 Å². The Bertz CT molecular complexity index is 3010. The first-order valence-corrected chi connectivity index (χ1v) is 24.9. The smallest absolute Gasteiger partial charge is 0.420 e. The van der Waals surface area contributed by atoms with Gasteiger partial charge in [0.2, 0.25) is 0 Å². The molecule has 66 heavy (non-hydrogen) atoms. The molecule has 11 aromatic rings. The first-order valence-electron chi connectivity index (χ1n) is 21.9. The summed E-state index contributed by atoms with van der Waals surface area (Å²) in [5.41, 5.74) is 0.691. The van der Waals surface area contributed by atoms with Gasteiger partial charge in [-0.2, -0.15) is 0 Å². The molecular weight excluding hydrogens is 1020 g/mol. The molecule has 0 radical (unpaired) electrons. The maximum Gasteiger partial charge on any atom is 3.00 e. The topological polar surface area (TPSA) is 52.8 Å². The quantitative estimate of drug-likeness (QED) is 0.118. The van der Waals surface area contributed by atoms with Crippen molar-refractivity contribution < 1.29 is 20.1 Å². The van der Waals surface area contributed by atoms with E-state index in [1.807, 2.05) is 36.4 Å². The normalized spacial score (nSPS) is 11.1. The Morgan fingerprint density at radius 2 is 0.848 bits per heavy atom. The second kappa shape index (κ2) is 21.7. The molecule has 0 aliphatic heterocycles. The first kappa shape index (κ1) is 46.1. The van der Waals surface area contributed by atoms with Crippen molar-refractivity contribution in [2.75, 3.05) is 0 Å². The number of benzene rings is 9. The minimum absolute atomic E-state index is 0. The molecule has 0 atom stereocenters. The van der Waals surface area contributed by atoms with Gasteiger partial charge < -0.3 is 10.1 Å². The van der Waals surface area contributed by atoms with Crippen LogP contribution in [0.3, 0.4) is 0 Å². The van der Waals surface area contributed by atoms with Crippen LogP contribution in [0.1, 0.15) is 26.6 Å². The molecule has 0 unspecified atom stereocenters. The largest absolute Gasteiger partial charge is 3.00 e. The van der Waals surface area contributed by atoms with E-state index in [0.29, 0.717) is 5.82 Å². The van der Waals surface area contributed by atoms with Crippen LogP contribution in [0.15, 0.2) is 231 Å². The van der Waals surface area contributed by atoms with Crippen LogP contribution < -0.4 is 36.9 Å². The van der Waals surface area contributed by atoms with Crippen molar-refractivity contribution in [2.45, 2.75) is 26.2 Å². The summed E-state index contributed by atoms with van der Waals surface area (Å²) in [5, 5.41) is 24.0. The van der Waals surface area contributed by atoms with Gasteiger partial charge in [0.25, 0.3) is 0 Å². The van der Waals surface area contributed by atoms with E-state index in [-0.39, 0.29) is 25.5 Å². The second-order valence-corrected chi connectivity index (χ2v) is 21.6. The molecule has 0 bridgehead atoms. The molecule has 7 heteroatoms. The zero-order valence-corrected chi connectivity index (χ0v) is 41.5. The molecular formula is C59H49IrN4P2+2. The Kier molecular flexibility index (Phi) is 15.2. The number of rotatable bonds is 7. The van der Waals surface area contributed by atoms with Crippen molar-refractivity contribution in [3.05, 3.63) is 249 Å². The number of hydrogen-bond donors (Lipinski definition) is 0. The third-order valence-corrected chi connectivity index (χ3v) is 16.7. The maximum absolute atomic E-state index is 4.52. The van der Waals surface area contributed by atoms with Gasteiger partial charge in [-0.25, -0.2) is 0 Å². The fourth-order valence-corrected chi connectivity index (χ4v) is 13.5. The van der Waals surface area contributed by atoms with Crippen LogP contribution in [-0.2, 0) is 25.5 Å². The van der Waals surface area contributed by atoms with Crippen LogP contribution in [0.25, 0.3) is 43.8 Å². The fourth-order valence-electron chi connectivity index (χ4n) is 8.05. The monoisotopic (exact) mass is 1070 g/mol. The standard InChI is InChI=1S/2C22H16P.C15H15N4.Ir/c2*1-3-12-19(13-4-1)23(20-14-5-2-6-15-20)22-17-9-11-18-10-7-8-16-21(18)22;1-15(2,3)14-17-13(18-19-14)12-11-7-5-4-6-10(11)8-9-16-12;/h2*1-15,17H;4-9H,1-3H3;/q3*-1;+3/p+2. The third kappa shape index (κ3) is 10.6. The molecule has 0 saturated carbocycles. The average Bonchev–Trinajstić information content (AvgIpc) is 3.88. The van der Waals surface area contributed by atoms with Crippen molar-refractivity contribution in [1.29, 1.82) is 0 Å². The van der Waals surface area contributed by atoms with Gasteiger partial charge in [-0.3, -0.25) is 10.1 Å². The summed E-state index contributed by atoms with van der Waals surface area (Å²) in [5.74, 6) is 1.35. The Labute approximate surface area is 404 Å². The van der Waals surface area contributed by atoms with Gasteiger partial charge in [0.1, 0.15) is 0 Å². The molecule has 2 heterocycles. The number of nitrogens with zero attached hydrogens (tertiary/aromatic N) is 4. The van der Waals surface area contributed by atoms with E-state index in [2.05, 4.69) is 241 Å². The minimum atomic E-state index is -1.03. The van der Waals surface area contributed by atoms with Crippen molar-refractivity contribution in [2.24, 2.45) is 0 Å². The predicted molar refractivity (Wildman–Crippen MR) is 281 cm³/mol. The van der Waals surface area contributed by atoms with E-state index >= 15 is 0 Å². The molecule has 2 aromatic heterocycles. The Balaban J connectivity index is 0.000000134. The SMILES string of the molecule is CC(C)(C)c1n[n-]c(-c2nccc3ccccc23)n1.[Ir+3].[c-]1cccc2cccc([PH+](c3ccccc3)c3ccccc3)c12.[c-]1cccc2cccc([PH+](c3ccccc3)c3ccccc3)c12. The van der Waals surface area contributed by atoms with E-state index in [0.717, 1.165) is 22.3 Å². The molecule has 322 valence electrons. The summed E-state index contributed by atoms with van der Waals surface area (Å²) >= 11 is 0. The zero-order valence-electron chi connectivity index (χ0n) is 37.1. The van der Waals surface area contributed by atoms with Gasteiger partial charge in [-0.05, 0) is 65.8 Å². The fraction of sp³-hybridized carbons (Fsp3) is 0.0678. The third-order valence-electron chi connectivity index (χ3n) is 11.2. The van der Waals surface area contributed by atoms with Gasteiger partial charge in [-0.15, -0.1) is 70.1 Å². The zero-order chi connectivity index (χ0) is 44.4. The number of pyridine rings is 1. The summed E-state index contributed by atoms with van der Waals surface area (Å²) < 4.78 is 0. The van der Waals surface area contributed by atoms with Crippen molar-refractivity contribution in [3.63, 3.8) is 0 Å². The summed E-state index contributed by atoms with van der Waals surface area (Å²) in [6.07, 6.45) is 1.78. The Morgan fingerprint density at radius 1 is 0.439 bits per heavy atom. The van der Waals surface area contributed by atoms with Crippen LogP contribution in [-0.4, -0.2) is 15.1 Å². The molecule has 0 aliphatic rings. The number of aromatic nitrogens is 4. The van der Waals surface area contributed by atoms with Gasteiger partial charge in [0, 0.05) is 33.4 Å². The molecule has 9 aromatic carbocycles. The molecule has 0 N–H and O–H groups in total.